The quantitative estimate of drug-likeness (QED) is 0.745. The molecule has 18 heavy (non-hydrogen) atoms. The van der Waals surface area contributed by atoms with Crippen LogP contribution in [-0.4, -0.2) is 20.5 Å². The summed E-state index contributed by atoms with van der Waals surface area (Å²) < 4.78 is 10.6. The lowest BCUT2D eigenvalue weighted by atomic mass is 9.96. The second kappa shape index (κ2) is 5.80. The number of methoxy groups -OCH3 is 2. The molecule has 2 heteroatoms. The van der Waals surface area contributed by atoms with E-state index in [1.165, 1.54) is 16.3 Å². The van der Waals surface area contributed by atoms with E-state index in [4.69, 9.17) is 9.47 Å². The van der Waals surface area contributed by atoms with Gasteiger partial charge in [-0.3, -0.25) is 0 Å². The van der Waals surface area contributed by atoms with Crippen LogP contribution in [0.4, 0.5) is 0 Å². The third kappa shape index (κ3) is 2.45. The van der Waals surface area contributed by atoms with Crippen molar-refractivity contribution in [3.8, 4) is 0 Å². The van der Waals surface area contributed by atoms with E-state index in [1.54, 1.807) is 14.2 Å². The minimum Gasteiger partial charge on any atom is -0.356 e. The van der Waals surface area contributed by atoms with E-state index in [-0.39, 0.29) is 6.29 Å². The van der Waals surface area contributed by atoms with Gasteiger partial charge in [0.25, 0.3) is 0 Å². The Morgan fingerprint density at radius 2 is 1.83 bits per heavy atom. The van der Waals surface area contributed by atoms with Gasteiger partial charge in [0, 0.05) is 20.6 Å². The Morgan fingerprint density at radius 3 is 2.50 bits per heavy atom. The normalized spacial score (nSPS) is 11.1. The Morgan fingerprint density at radius 1 is 1.11 bits per heavy atom. The zero-order chi connectivity index (χ0) is 13.0. The standard InChI is InChI=1S/C16H18O2/c1-4-12-9-10-13-7-5-6-8-14(13)15(12)11-16(17-2)18-3/h4-10,16H,1,11H2,2-3H3. The summed E-state index contributed by atoms with van der Waals surface area (Å²) in [6, 6.07) is 12.5. The summed E-state index contributed by atoms with van der Waals surface area (Å²) in [7, 11) is 3.32. The Hall–Kier alpha value is -1.64. The first-order valence-corrected chi connectivity index (χ1v) is 5.98. The van der Waals surface area contributed by atoms with Crippen LogP contribution in [0.2, 0.25) is 0 Å². The first kappa shape index (κ1) is 12.8. The van der Waals surface area contributed by atoms with E-state index >= 15 is 0 Å². The van der Waals surface area contributed by atoms with Crippen molar-refractivity contribution in [3.05, 3.63) is 54.1 Å². The molecule has 94 valence electrons. The maximum atomic E-state index is 5.30. The van der Waals surface area contributed by atoms with Crippen molar-refractivity contribution < 1.29 is 9.47 Å². The molecule has 2 aromatic carbocycles. The van der Waals surface area contributed by atoms with Crippen molar-refractivity contribution in [2.75, 3.05) is 14.2 Å². The van der Waals surface area contributed by atoms with Gasteiger partial charge in [0.05, 0.1) is 0 Å². The zero-order valence-corrected chi connectivity index (χ0v) is 10.8. The third-order valence-corrected chi connectivity index (χ3v) is 3.19. The number of ether oxygens (including phenoxy) is 2. The molecule has 0 unspecified atom stereocenters. The molecule has 0 saturated carbocycles. The maximum absolute atomic E-state index is 5.30. The Kier molecular flexibility index (Phi) is 4.13. The number of hydrogen-bond donors (Lipinski definition) is 0. The molecule has 0 aliphatic heterocycles. The van der Waals surface area contributed by atoms with Gasteiger partial charge < -0.3 is 9.47 Å². The molecular formula is C16H18O2. The zero-order valence-electron chi connectivity index (χ0n) is 10.8. The molecule has 0 aliphatic rings. The lowest BCUT2D eigenvalue weighted by Crippen LogP contribution is -2.16. The third-order valence-electron chi connectivity index (χ3n) is 3.19. The van der Waals surface area contributed by atoms with E-state index < -0.39 is 0 Å². The fourth-order valence-corrected chi connectivity index (χ4v) is 2.20. The van der Waals surface area contributed by atoms with E-state index in [9.17, 15) is 0 Å². The van der Waals surface area contributed by atoms with Crippen LogP contribution in [0.5, 0.6) is 0 Å². The Balaban J connectivity index is 2.53. The van der Waals surface area contributed by atoms with Crippen molar-refractivity contribution in [2.24, 2.45) is 0 Å². The highest BCUT2D eigenvalue weighted by Gasteiger charge is 2.12. The van der Waals surface area contributed by atoms with Crippen LogP contribution in [0.1, 0.15) is 11.1 Å². The van der Waals surface area contributed by atoms with Crippen molar-refractivity contribution in [1.29, 1.82) is 0 Å². The number of fused-ring (bicyclic) bond motifs is 1. The molecular weight excluding hydrogens is 224 g/mol. The van der Waals surface area contributed by atoms with Crippen LogP contribution in [0, 0.1) is 0 Å². The molecule has 2 rings (SSSR count). The highest BCUT2D eigenvalue weighted by atomic mass is 16.7. The topological polar surface area (TPSA) is 18.5 Å². The fourth-order valence-electron chi connectivity index (χ4n) is 2.20. The van der Waals surface area contributed by atoms with Gasteiger partial charge in [0.15, 0.2) is 6.29 Å². The molecule has 0 radical (unpaired) electrons. The molecule has 0 fully saturated rings. The number of rotatable bonds is 5. The van der Waals surface area contributed by atoms with Crippen molar-refractivity contribution in [2.45, 2.75) is 12.7 Å². The van der Waals surface area contributed by atoms with E-state index in [2.05, 4.69) is 30.8 Å². The smallest absolute Gasteiger partial charge is 0.160 e. The highest BCUT2D eigenvalue weighted by molar-refractivity contribution is 5.88. The lowest BCUT2D eigenvalue weighted by molar-refractivity contribution is -0.100. The van der Waals surface area contributed by atoms with Gasteiger partial charge in [0.1, 0.15) is 0 Å². The summed E-state index contributed by atoms with van der Waals surface area (Å²) in [6.07, 6.45) is 2.37. The first-order chi connectivity index (χ1) is 8.80. The molecule has 2 nitrogen and oxygen atoms in total. The largest absolute Gasteiger partial charge is 0.356 e. The van der Waals surface area contributed by atoms with Gasteiger partial charge in [-0.25, -0.2) is 0 Å². The van der Waals surface area contributed by atoms with Gasteiger partial charge in [0.2, 0.25) is 0 Å². The number of benzene rings is 2. The molecule has 0 spiro atoms. The first-order valence-electron chi connectivity index (χ1n) is 5.98. The lowest BCUT2D eigenvalue weighted by Gasteiger charge is -2.17. The monoisotopic (exact) mass is 242 g/mol. The summed E-state index contributed by atoms with van der Waals surface area (Å²) in [5.74, 6) is 0. The number of hydrogen-bond acceptors (Lipinski definition) is 2. The van der Waals surface area contributed by atoms with Crippen LogP contribution < -0.4 is 0 Å². The maximum Gasteiger partial charge on any atom is 0.160 e. The predicted octanol–water partition coefficient (Wildman–Crippen LogP) is 3.64. The van der Waals surface area contributed by atoms with Gasteiger partial charge in [-0.15, -0.1) is 0 Å². The van der Waals surface area contributed by atoms with E-state index in [0.29, 0.717) is 0 Å². The summed E-state index contributed by atoms with van der Waals surface area (Å²) in [4.78, 5) is 0. The summed E-state index contributed by atoms with van der Waals surface area (Å²) in [5.41, 5.74) is 2.35. The van der Waals surface area contributed by atoms with Crippen molar-refractivity contribution in [1.82, 2.24) is 0 Å². The molecule has 0 bridgehead atoms. The molecule has 0 amide bonds. The minimum absolute atomic E-state index is 0.227. The van der Waals surface area contributed by atoms with Gasteiger partial charge >= 0.3 is 0 Å². The van der Waals surface area contributed by atoms with Gasteiger partial charge in [-0.1, -0.05) is 49.1 Å². The van der Waals surface area contributed by atoms with E-state index in [1.807, 2.05) is 18.2 Å². The molecule has 0 saturated heterocycles. The van der Waals surface area contributed by atoms with Crippen LogP contribution in [-0.2, 0) is 15.9 Å². The molecule has 0 aliphatic carbocycles. The average molecular weight is 242 g/mol. The summed E-state index contributed by atoms with van der Waals surface area (Å²) in [5, 5.41) is 2.46. The molecule has 2 aromatic rings. The van der Waals surface area contributed by atoms with Crippen LogP contribution in [0.3, 0.4) is 0 Å². The predicted molar refractivity (Wildman–Crippen MR) is 75.5 cm³/mol. The second-order valence-electron chi connectivity index (χ2n) is 4.16. The van der Waals surface area contributed by atoms with Crippen molar-refractivity contribution >= 4 is 16.8 Å². The highest BCUT2D eigenvalue weighted by Crippen LogP contribution is 2.25. The van der Waals surface area contributed by atoms with Crippen LogP contribution in [0.15, 0.2) is 43.0 Å². The molecule has 0 heterocycles. The van der Waals surface area contributed by atoms with E-state index in [0.717, 1.165) is 12.0 Å². The Bertz CT molecular complexity index is 542. The van der Waals surface area contributed by atoms with Crippen LogP contribution in [0.25, 0.3) is 16.8 Å². The summed E-state index contributed by atoms with van der Waals surface area (Å²) in [6.45, 7) is 3.88. The summed E-state index contributed by atoms with van der Waals surface area (Å²) >= 11 is 0. The van der Waals surface area contributed by atoms with Gasteiger partial charge in [-0.05, 0) is 21.9 Å². The minimum atomic E-state index is -0.227. The fraction of sp³-hybridized carbons (Fsp3) is 0.250. The van der Waals surface area contributed by atoms with Crippen molar-refractivity contribution in [3.63, 3.8) is 0 Å². The van der Waals surface area contributed by atoms with Crippen LogP contribution >= 0.6 is 0 Å². The molecule has 0 aromatic heterocycles. The molecule has 0 N–H and O–H groups in total. The second-order valence-corrected chi connectivity index (χ2v) is 4.16. The van der Waals surface area contributed by atoms with Gasteiger partial charge in [-0.2, -0.15) is 0 Å². The Labute approximate surface area is 108 Å². The molecule has 0 atom stereocenters. The SMILES string of the molecule is C=Cc1ccc2ccccc2c1CC(OC)OC. The average Bonchev–Trinajstić information content (AvgIpc) is 2.44.